The Labute approximate surface area is 125 Å². The summed E-state index contributed by atoms with van der Waals surface area (Å²) in [5, 5.41) is 0. The maximum absolute atomic E-state index is 12.5. The number of hydrogen-bond donors (Lipinski definition) is 1. The number of furan rings is 1. The van der Waals surface area contributed by atoms with Crippen LogP contribution in [0.2, 0.25) is 0 Å². The Bertz CT molecular complexity index is 665. The molecule has 0 aliphatic rings. The summed E-state index contributed by atoms with van der Waals surface area (Å²) in [6.45, 7) is 4.04. The summed E-state index contributed by atoms with van der Waals surface area (Å²) in [7, 11) is -3.62. The third kappa shape index (κ3) is 4.09. The van der Waals surface area contributed by atoms with Crippen LogP contribution in [0.1, 0.15) is 19.4 Å². The third-order valence-corrected chi connectivity index (χ3v) is 4.55. The van der Waals surface area contributed by atoms with Crippen LogP contribution in [0.15, 0.2) is 52.2 Å². The maximum atomic E-state index is 12.5. The Morgan fingerprint density at radius 2 is 2.05 bits per heavy atom. The molecule has 1 aromatic carbocycles. The molecule has 1 aromatic heterocycles. The van der Waals surface area contributed by atoms with Crippen LogP contribution in [0.4, 0.5) is 0 Å². The van der Waals surface area contributed by atoms with Crippen molar-refractivity contribution >= 4 is 10.0 Å². The number of ether oxygens (including phenoxy) is 1. The van der Waals surface area contributed by atoms with Gasteiger partial charge in [-0.2, -0.15) is 0 Å². The molecule has 21 heavy (non-hydrogen) atoms. The summed E-state index contributed by atoms with van der Waals surface area (Å²) >= 11 is 0. The van der Waals surface area contributed by atoms with Crippen molar-refractivity contribution < 1.29 is 17.6 Å². The van der Waals surface area contributed by atoms with Crippen molar-refractivity contribution in [1.29, 1.82) is 0 Å². The first-order valence-corrected chi connectivity index (χ1v) is 8.26. The third-order valence-electron chi connectivity index (χ3n) is 2.92. The molecular formula is C15H19NO4S. The minimum absolute atomic E-state index is 0.158. The molecule has 0 radical (unpaired) electrons. The summed E-state index contributed by atoms with van der Waals surface area (Å²) in [4.78, 5) is 0.158. The molecule has 0 spiro atoms. The van der Waals surface area contributed by atoms with Gasteiger partial charge >= 0.3 is 0 Å². The van der Waals surface area contributed by atoms with Crippen molar-refractivity contribution in [3.05, 3.63) is 48.4 Å². The highest BCUT2D eigenvalue weighted by Gasteiger charge is 2.21. The van der Waals surface area contributed by atoms with Crippen molar-refractivity contribution in [3.8, 4) is 5.75 Å². The molecular weight excluding hydrogens is 290 g/mol. The average Bonchev–Trinajstić information content (AvgIpc) is 2.91. The predicted octanol–water partition coefficient (Wildman–Crippen LogP) is 2.59. The van der Waals surface area contributed by atoms with E-state index in [4.69, 9.17) is 9.15 Å². The second-order valence-electron chi connectivity index (χ2n) is 4.74. The summed E-state index contributed by atoms with van der Waals surface area (Å²) in [6.07, 6.45) is 3.74. The summed E-state index contributed by atoms with van der Waals surface area (Å²) in [6, 6.07) is 8.19. The summed E-state index contributed by atoms with van der Waals surface area (Å²) in [5.41, 5.74) is 0.947. The molecule has 114 valence electrons. The van der Waals surface area contributed by atoms with E-state index < -0.39 is 10.0 Å². The number of sulfonamides is 1. The van der Waals surface area contributed by atoms with Crippen molar-refractivity contribution in [3.63, 3.8) is 0 Å². The molecule has 6 heteroatoms. The van der Waals surface area contributed by atoms with E-state index in [1.54, 1.807) is 30.7 Å². The Morgan fingerprint density at radius 3 is 2.71 bits per heavy atom. The van der Waals surface area contributed by atoms with E-state index in [0.29, 0.717) is 18.8 Å². The molecule has 1 atom stereocenters. The molecule has 5 nitrogen and oxygen atoms in total. The highest BCUT2D eigenvalue weighted by atomic mass is 32.2. The van der Waals surface area contributed by atoms with Crippen molar-refractivity contribution in [2.75, 3.05) is 6.61 Å². The number of hydrogen-bond acceptors (Lipinski definition) is 4. The van der Waals surface area contributed by atoms with E-state index >= 15 is 0 Å². The number of para-hydroxylation sites is 1. The molecule has 0 aliphatic heterocycles. The Kier molecular flexibility index (Phi) is 5.03. The average molecular weight is 309 g/mol. The Hall–Kier alpha value is -1.79. The van der Waals surface area contributed by atoms with Gasteiger partial charge in [0.1, 0.15) is 10.6 Å². The minimum Gasteiger partial charge on any atom is -0.492 e. The van der Waals surface area contributed by atoms with E-state index in [2.05, 4.69) is 4.72 Å². The molecule has 0 amide bonds. The molecule has 0 aliphatic carbocycles. The van der Waals surface area contributed by atoms with Crippen LogP contribution in [0, 0.1) is 0 Å². The zero-order valence-electron chi connectivity index (χ0n) is 12.1. The van der Waals surface area contributed by atoms with Crippen LogP contribution in [0.3, 0.4) is 0 Å². The maximum Gasteiger partial charge on any atom is 0.244 e. The lowest BCUT2D eigenvalue weighted by Crippen LogP contribution is -2.34. The summed E-state index contributed by atoms with van der Waals surface area (Å²) in [5.74, 6) is 0.364. The standard InChI is InChI=1S/C15H19NO4S/c1-3-20-14-6-4-5-7-15(14)21(17,18)16-12(2)10-13-8-9-19-11-13/h4-9,11-12,16H,3,10H2,1-2H3. The largest absolute Gasteiger partial charge is 0.492 e. The predicted molar refractivity (Wildman–Crippen MR) is 79.8 cm³/mol. The lowest BCUT2D eigenvalue weighted by atomic mass is 10.1. The molecule has 0 saturated carbocycles. The quantitative estimate of drug-likeness (QED) is 0.853. The van der Waals surface area contributed by atoms with Gasteiger partial charge in [-0.15, -0.1) is 0 Å². The number of rotatable bonds is 7. The van der Waals surface area contributed by atoms with Gasteiger partial charge in [0.2, 0.25) is 10.0 Å². The normalized spacial score (nSPS) is 13.0. The monoisotopic (exact) mass is 309 g/mol. The van der Waals surface area contributed by atoms with Crippen LogP contribution >= 0.6 is 0 Å². The number of nitrogens with one attached hydrogen (secondary N) is 1. The zero-order chi connectivity index (χ0) is 15.3. The van der Waals surface area contributed by atoms with Crippen LogP contribution in [-0.2, 0) is 16.4 Å². The van der Waals surface area contributed by atoms with Gasteiger partial charge in [0.25, 0.3) is 0 Å². The lowest BCUT2D eigenvalue weighted by molar-refractivity contribution is 0.331. The molecule has 0 fully saturated rings. The highest BCUT2D eigenvalue weighted by molar-refractivity contribution is 7.89. The van der Waals surface area contributed by atoms with E-state index in [9.17, 15) is 8.42 Å². The Balaban J connectivity index is 2.14. The van der Waals surface area contributed by atoms with E-state index in [-0.39, 0.29) is 10.9 Å². The van der Waals surface area contributed by atoms with Gasteiger partial charge in [0.05, 0.1) is 19.1 Å². The molecule has 1 N–H and O–H groups in total. The van der Waals surface area contributed by atoms with Crippen LogP contribution in [-0.4, -0.2) is 21.1 Å². The first kappa shape index (κ1) is 15.6. The van der Waals surface area contributed by atoms with Crippen LogP contribution in [0.5, 0.6) is 5.75 Å². The highest BCUT2D eigenvalue weighted by Crippen LogP contribution is 2.23. The van der Waals surface area contributed by atoms with Crippen molar-refractivity contribution in [2.45, 2.75) is 31.2 Å². The van der Waals surface area contributed by atoms with Gasteiger partial charge in [-0.1, -0.05) is 12.1 Å². The van der Waals surface area contributed by atoms with Crippen molar-refractivity contribution in [1.82, 2.24) is 4.72 Å². The van der Waals surface area contributed by atoms with E-state index in [1.165, 1.54) is 6.07 Å². The fourth-order valence-electron chi connectivity index (χ4n) is 2.08. The zero-order valence-corrected chi connectivity index (χ0v) is 12.9. The lowest BCUT2D eigenvalue weighted by Gasteiger charge is -2.15. The van der Waals surface area contributed by atoms with Gasteiger partial charge < -0.3 is 9.15 Å². The minimum atomic E-state index is -3.62. The van der Waals surface area contributed by atoms with Gasteiger partial charge in [0, 0.05) is 6.04 Å². The smallest absolute Gasteiger partial charge is 0.244 e. The fourth-order valence-corrected chi connectivity index (χ4v) is 3.47. The van der Waals surface area contributed by atoms with Gasteiger partial charge in [-0.3, -0.25) is 0 Å². The molecule has 2 rings (SSSR count). The Morgan fingerprint density at radius 1 is 1.29 bits per heavy atom. The van der Waals surface area contributed by atoms with Crippen LogP contribution < -0.4 is 9.46 Å². The fraction of sp³-hybridized carbons (Fsp3) is 0.333. The molecule has 0 saturated heterocycles. The second kappa shape index (κ2) is 6.78. The first-order valence-electron chi connectivity index (χ1n) is 6.78. The van der Waals surface area contributed by atoms with Gasteiger partial charge in [0.15, 0.2) is 0 Å². The summed E-state index contributed by atoms with van der Waals surface area (Å²) < 4.78 is 37.9. The van der Waals surface area contributed by atoms with E-state index in [0.717, 1.165) is 5.56 Å². The molecule has 1 heterocycles. The van der Waals surface area contributed by atoms with E-state index in [1.807, 2.05) is 19.9 Å². The molecule has 2 aromatic rings. The van der Waals surface area contributed by atoms with Crippen molar-refractivity contribution in [2.24, 2.45) is 0 Å². The molecule has 1 unspecified atom stereocenters. The second-order valence-corrected chi connectivity index (χ2v) is 6.42. The van der Waals surface area contributed by atoms with Crippen LogP contribution in [0.25, 0.3) is 0 Å². The van der Waals surface area contributed by atoms with Gasteiger partial charge in [-0.05, 0) is 44.0 Å². The topological polar surface area (TPSA) is 68.5 Å². The number of benzene rings is 1. The van der Waals surface area contributed by atoms with Gasteiger partial charge in [-0.25, -0.2) is 13.1 Å². The SMILES string of the molecule is CCOc1ccccc1S(=O)(=O)NC(C)Cc1ccoc1. The molecule has 0 bridgehead atoms. The first-order chi connectivity index (χ1) is 10.0.